The molecule has 0 saturated carbocycles. The van der Waals surface area contributed by atoms with E-state index in [9.17, 15) is 13.2 Å². The van der Waals surface area contributed by atoms with Crippen LogP contribution in [0.4, 0.5) is 13.2 Å². The van der Waals surface area contributed by atoms with E-state index in [1.807, 2.05) is 13.0 Å². The Morgan fingerprint density at radius 3 is 2.42 bits per heavy atom. The predicted molar refractivity (Wildman–Crippen MR) is 68.7 cm³/mol. The number of benzene rings is 1. The van der Waals surface area contributed by atoms with Crippen LogP contribution in [0, 0.1) is 11.3 Å². The number of nitriles is 1. The molecule has 1 rings (SSSR count). The SMILES string of the molecule is CCCC(CC)c1ccc(C(F)(F)F)c(CC#N)c1. The Balaban J connectivity index is 3.19. The Morgan fingerprint density at radius 1 is 1.26 bits per heavy atom. The summed E-state index contributed by atoms with van der Waals surface area (Å²) in [6, 6.07) is 6.02. The van der Waals surface area contributed by atoms with Crippen molar-refractivity contribution in [3.8, 4) is 6.07 Å². The highest BCUT2D eigenvalue weighted by atomic mass is 19.4. The summed E-state index contributed by atoms with van der Waals surface area (Å²) in [7, 11) is 0. The zero-order valence-electron chi connectivity index (χ0n) is 11.2. The van der Waals surface area contributed by atoms with E-state index < -0.39 is 11.7 Å². The zero-order chi connectivity index (χ0) is 14.5. The lowest BCUT2D eigenvalue weighted by Gasteiger charge is -2.18. The summed E-state index contributed by atoms with van der Waals surface area (Å²) in [5.41, 5.74) is 0.300. The molecule has 0 saturated heterocycles. The van der Waals surface area contributed by atoms with Crippen molar-refractivity contribution in [2.75, 3.05) is 0 Å². The fourth-order valence-electron chi connectivity index (χ4n) is 2.33. The van der Waals surface area contributed by atoms with E-state index in [1.165, 1.54) is 0 Å². The van der Waals surface area contributed by atoms with Crippen LogP contribution in [0.15, 0.2) is 18.2 Å². The Morgan fingerprint density at radius 2 is 1.95 bits per heavy atom. The van der Waals surface area contributed by atoms with Crippen molar-refractivity contribution in [3.63, 3.8) is 0 Å². The van der Waals surface area contributed by atoms with Gasteiger partial charge in [-0.1, -0.05) is 32.4 Å². The smallest absolute Gasteiger partial charge is 0.198 e. The van der Waals surface area contributed by atoms with Gasteiger partial charge in [0.25, 0.3) is 0 Å². The third-order valence-electron chi connectivity index (χ3n) is 3.31. The topological polar surface area (TPSA) is 23.8 Å². The molecule has 104 valence electrons. The van der Waals surface area contributed by atoms with E-state index in [1.54, 1.807) is 12.1 Å². The number of rotatable bonds is 5. The first-order valence-corrected chi connectivity index (χ1v) is 6.51. The number of hydrogen-bond acceptors (Lipinski definition) is 1. The van der Waals surface area contributed by atoms with Gasteiger partial charge in [-0.2, -0.15) is 18.4 Å². The van der Waals surface area contributed by atoms with Gasteiger partial charge in [-0.05, 0) is 36.0 Å². The summed E-state index contributed by atoms with van der Waals surface area (Å²) < 4.78 is 38.5. The van der Waals surface area contributed by atoms with Crippen molar-refractivity contribution in [1.82, 2.24) is 0 Å². The van der Waals surface area contributed by atoms with Gasteiger partial charge >= 0.3 is 6.18 Å². The van der Waals surface area contributed by atoms with Crippen molar-refractivity contribution >= 4 is 0 Å². The van der Waals surface area contributed by atoms with Crippen molar-refractivity contribution in [3.05, 3.63) is 34.9 Å². The third-order valence-corrected chi connectivity index (χ3v) is 3.31. The molecule has 1 aromatic rings. The maximum Gasteiger partial charge on any atom is 0.416 e. The van der Waals surface area contributed by atoms with Gasteiger partial charge in [-0.15, -0.1) is 0 Å². The van der Waals surface area contributed by atoms with Crippen LogP contribution in [0.25, 0.3) is 0 Å². The lowest BCUT2D eigenvalue weighted by atomic mass is 9.89. The van der Waals surface area contributed by atoms with E-state index in [0.717, 1.165) is 30.9 Å². The normalized spacial score (nSPS) is 13.1. The second kappa shape index (κ2) is 6.60. The van der Waals surface area contributed by atoms with Crippen molar-refractivity contribution < 1.29 is 13.2 Å². The highest BCUT2D eigenvalue weighted by Crippen LogP contribution is 2.35. The summed E-state index contributed by atoms with van der Waals surface area (Å²) in [4.78, 5) is 0. The largest absolute Gasteiger partial charge is 0.416 e. The van der Waals surface area contributed by atoms with E-state index >= 15 is 0 Å². The summed E-state index contributed by atoms with van der Waals surface area (Å²) >= 11 is 0. The van der Waals surface area contributed by atoms with Crippen molar-refractivity contribution in [2.24, 2.45) is 0 Å². The molecule has 0 aliphatic heterocycles. The molecule has 0 spiro atoms. The minimum Gasteiger partial charge on any atom is -0.198 e. The number of hydrogen-bond donors (Lipinski definition) is 0. The fraction of sp³-hybridized carbons (Fsp3) is 0.533. The van der Waals surface area contributed by atoms with Gasteiger partial charge in [0, 0.05) is 0 Å². The summed E-state index contributed by atoms with van der Waals surface area (Å²) in [5.74, 6) is 0.268. The average molecular weight is 269 g/mol. The summed E-state index contributed by atoms with van der Waals surface area (Å²) in [6.07, 6.45) is -1.76. The van der Waals surface area contributed by atoms with E-state index in [0.29, 0.717) is 0 Å². The molecule has 0 bridgehead atoms. The van der Waals surface area contributed by atoms with Crippen LogP contribution >= 0.6 is 0 Å². The van der Waals surface area contributed by atoms with Crippen LogP contribution in [0.3, 0.4) is 0 Å². The van der Waals surface area contributed by atoms with Crippen LogP contribution in [0.2, 0.25) is 0 Å². The monoisotopic (exact) mass is 269 g/mol. The molecule has 1 atom stereocenters. The van der Waals surface area contributed by atoms with Crippen LogP contribution in [-0.2, 0) is 12.6 Å². The predicted octanol–water partition coefficient (Wildman–Crippen LogP) is 5.07. The number of alkyl halides is 3. The third kappa shape index (κ3) is 3.99. The van der Waals surface area contributed by atoms with Gasteiger partial charge in [0.15, 0.2) is 0 Å². The number of halogens is 3. The van der Waals surface area contributed by atoms with E-state index in [2.05, 4.69) is 6.92 Å². The Kier molecular flexibility index (Phi) is 5.41. The average Bonchev–Trinajstić information content (AvgIpc) is 2.35. The molecule has 0 aliphatic rings. The van der Waals surface area contributed by atoms with Crippen LogP contribution in [0.1, 0.15) is 55.7 Å². The first-order chi connectivity index (χ1) is 8.93. The molecule has 0 heterocycles. The highest BCUT2D eigenvalue weighted by molar-refractivity contribution is 5.37. The molecule has 1 unspecified atom stereocenters. The standard InChI is InChI=1S/C15H18F3N/c1-3-5-11(4-2)12-6-7-14(15(16,17)18)13(10-12)8-9-19/h6-7,10-11H,3-5,8H2,1-2H3. The minimum absolute atomic E-state index is 0.0852. The van der Waals surface area contributed by atoms with Gasteiger partial charge in [0.05, 0.1) is 18.1 Å². The lowest BCUT2D eigenvalue weighted by molar-refractivity contribution is -0.138. The maximum absolute atomic E-state index is 12.8. The molecule has 1 nitrogen and oxygen atoms in total. The summed E-state index contributed by atoms with van der Waals surface area (Å²) in [6.45, 7) is 4.09. The van der Waals surface area contributed by atoms with Crippen LogP contribution in [0.5, 0.6) is 0 Å². The molecular weight excluding hydrogens is 251 g/mol. The number of nitrogens with zero attached hydrogens (tertiary/aromatic N) is 1. The molecule has 0 N–H and O–H groups in total. The quantitative estimate of drug-likeness (QED) is 0.732. The molecule has 0 aliphatic carbocycles. The molecule has 0 amide bonds. The van der Waals surface area contributed by atoms with Gasteiger partial charge in [-0.25, -0.2) is 0 Å². The second-order valence-corrected chi connectivity index (χ2v) is 4.64. The van der Waals surface area contributed by atoms with Crippen molar-refractivity contribution in [1.29, 1.82) is 5.26 Å². The highest BCUT2D eigenvalue weighted by Gasteiger charge is 2.33. The van der Waals surface area contributed by atoms with Gasteiger partial charge < -0.3 is 0 Å². The summed E-state index contributed by atoms with van der Waals surface area (Å²) in [5, 5.41) is 8.68. The minimum atomic E-state index is -4.39. The van der Waals surface area contributed by atoms with Crippen LogP contribution in [-0.4, -0.2) is 0 Å². The molecule has 4 heteroatoms. The molecule has 0 fully saturated rings. The first kappa shape index (κ1) is 15.6. The molecule has 1 aromatic carbocycles. The molecule has 0 radical (unpaired) electrons. The Labute approximate surface area is 112 Å². The molecule has 19 heavy (non-hydrogen) atoms. The first-order valence-electron chi connectivity index (χ1n) is 6.51. The van der Waals surface area contributed by atoms with E-state index in [-0.39, 0.29) is 17.9 Å². The van der Waals surface area contributed by atoms with Gasteiger partial charge in [-0.3, -0.25) is 0 Å². The molecular formula is C15H18F3N. The van der Waals surface area contributed by atoms with E-state index in [4.69, 9.17) is 5.26 Å². The second-order valence-electron chi connectivity index (χ2n) is 4.64. The van der Waals surface area contributed by atoms with Gasteiger partial charge in [0.1, 0.15) is 0 Å². The zero-order valence-corrected chi connectivity index (χ0v) is 11.2. The van der Waals surface area contributed by atoms with Crippen molar-refractivity contribution in [2.45, 2.75) is 51.6 Å². The maximum atomic E-state index is 12.8. The van der Waals surface area contributed by atoms with Crippen LogP contribution < -0.4 is 0 Å². The fourth-order valence-corrected chi connectivity index (χ4v) is 2.33. The molecule has 0 aromatic heterocycles. The lowest BCUT2D eigenvalue weighted by Crippen LogP contribution is -2.10. The Bertz CT molecular complexity index is 457. The Hall–Kier alpha value is -1.50. The van der Waals surface area contributed by atoms with Gasteiger partial charge in [0.2, 0.25) is 0 Å².